The number of piperazine rings is 1. The number of nitrogens with zero attached hydrogens (tertiary/aromatic N) is 2. The van der Waals surface area contributed by atoms with Gasteiger partial charge in [-0.3, -0.25) is 0 Å². The van der Waals surface area contributed by atoms with Crippen molar-refractivity contribution < 1.29 is 0 Å². The van der Waals surface area contributed by atoms with E-state index in [1.54, 1.807) is 0 Å². The van der Waals surface area contributed by atoms with E-state index < -0.39 is 0 Å². The Morgan fingerprint density at radius 3 is 2.29 bits per heavy atom. The van der Waals surface area contributed by atoms with Crippen molar-refractivity contribution in [2.75, 3.05) is 39.8 Å². The Morgan fingerprint density at radius 2 is 1.79 bits per heavy atom. The zero-order valence-electron chi connectivity index (χ0n) is 9.34. The van der Waals surface area contributed by atoms with Crippen LogP contribution in [0, 0.1) is 0 Å². The van der Waals surface area contributed by atoms with Crippen molar-refractivity contribution in [3.63, 3.8) is 0 Å². The van der Waals surface area contributed by atoms with E-state index in [1.165, 1.54) is 0 Å². The maximum Gasteiger partial charge on any atom is 0.0942 e. The number of hydrogen-bond acceptors (Lipinski definition) is 3. The highest BCUT2D eigenvalue weighted by Crippen LogP contribution is 2.04. The van der Waals surface area contributed by atoms with Gasteiger partial charge in [-0.1, -0.05) is 18.7 Å². The second-order valence-electron chi connectivity index (χ2n) is 4.05. The van der Waals surface area contributed by atoms with Gasteiger partial charge in [0.25, 0.3) is 0 Å². The summed E-state index contributed by atoms with van der Waals surface area (Å²) < 4.78 is 0. The highest BCUT2D eigenvalue weighted by molar-refractivity contribution is 4.99. The fourth-order valence-corrected chi connectivity index (χ4v) is 1.44. The first kappa shape index (κ1) is 11.1. The van der Waals surface area contributed by atoms with Crippen LogP contribution in [-0.4, -0.2) is 49.6 Å². The summed E-state index contributed by atoms with van der Waals surface area (Å²) in [6.45, 7) is 15.1. The largest absolute Gasteiger partial charge is 0.369 e. The zero-order chi connectivity index (χ0) is 10.6. The SMILES string of the molecule is C=C(C)CNC(=C)N1CCN(C)CC1. The molecule has 3 heteroatoms. The van der Waals surface area contributed by atoms with Crippen LogP contribution in [0.25, 0.3) is 0 Å². The molecule has 0 aromatic heterocycles. The predicted molar refractivity (Wildman–Crippen MR) is 61.0 cm³/mol. The summed E-state index contributed by atoms with van der Waals surface area (Å²) in [7, 11) is 2.15. The van der Waals surface area contributed by atoms with Crippen LogP contribution in [0.5, 0.6) is 0 Å². The fraction of sp³-hybridized carbons (Fsp3) is 0.636. The van der Waals surface area contributed by atoms with E-state index in [9.17, 15) is 0 Å². The molecule has 0 unspecified atom stereocenters. The Kier molecular flexibility index (Phi) is 4.01. The Labute approximate surface area is 87.1 Å². The first-order valence-electron chi connectivity index (χ1n) is 5.10. The molecule has 0 atom stereocenters. The quantitative estimate of drug-likeness (QED) is 0.672. The van der Waals surface area contributed by atoms with Crippen LogP contribution in [0.1, 0.15) is 6.92 Å². The molecule has 0 spiro atoms. The minimum absolute atomic E-state index is 0.825. The third-order valence-corrected chi connectivity index (χ3v) is 2.48. The summed E-state index contributed by atoms with van der Waals surface area (Å²) >= 11 is 0. The van der Waals surface area contributed by atoms with Crippen LogP contribution < -0.4 is 5.32 Å². The van der Waals surface area contributed by atoms with Crippen LogP contribution in [0.2, 0.25) is 0 Å². The van der Waals surface area contributed by atoms with E-state index >= 15 is 0 Å². The molecule has 3 nitrogen and oxygen atoms in total. The lowest BCUT2D eigenvalue weighted by Crippen LogP contribution is -2.46. The van der Waals surface area contributed by atoms with Gasteiger partial charge in [-0.05, 0) is 14.0 Å². The topological polar surface area (TPSA) is 18.5 Å². The van der Waals surface area contributed by atoms with E-state index in [2.05, 4.69) is 35.3 Å². The Balaban J connectivity index is 2.27. The minimum Gasteiger partial charge on any atom is -0.369 e. The van der Waals surface area contributed by atoms with Crippen LogP contribution in [0.4, 0.5) is 0 Å². The lowest BCUT2D eigenvalue weighted by Gasteiger charge is -2.35. The number of likely N-dealkylation sites (N-methyl/N-ethyl adjacent to an activating group) is 1. The molecule has 0 bridgehead atoms. The van der Waals surface area contributed by atoms with E-state index in [0.29, 0.717) is 0 Å². The van der Waals surface area contributed by atoms with Crippen molar-refractivity contribution in [2.45, 2.75) is 6.92 Å². The predicted octanol–water partition coefficient (Wildman–Crippen LogP) is 0.871. The first-order valence-corrected chi connectivity index (χ1v) is 5.10. The Morgan fingerprint density at radius 1 is 1.21 bits per heavy atom. The second-order valence-corrected chi connectivity index (χ2v) is 4.05. The summed E-state index contributed by atoms with van der Waals surface area (Å²) in [5.74, 6) is 1.03. The molecule has 1 N–H and O–H groups in total. The van der Waals surface area contributed by atoms with Gasteiger partial charge < -0.3 is 15.1 Å². The Bertz CT molecular complexity index is 215. The molecule has 1 aliphatic heterocycles. The summed E-state index contributed by atoms with van der Waals surface area (Å²) in [5, 5.41) is 3.28. The average molecular weight is 195 g/mol. The van der Waals surface area contributed by atoms with Gasteiger partial charge in [0.2, 0.25) is 0 Å². The summed E-state index contributed by atoms with van der Waals surface area (Å²) in [6.07, 6.45) is 0. The van der Waals surface area contributed by atoms with Gasteiger partial charge in [-0.25, -0.2) is 0 Å². The highest BCUT2D eigenvalue weighted by Gasteiger charge is 2.14. The normalized spacial score (nSPS) is 18.0. The van der Waals surface area contributed by atoms with Gasteiger partial charge in [-0.15, -0.1) is 0 Å². The van der Waals surface area contributed by atoms with Crippen molar-refractivity contribution in [3.8, 4) is 0 Å². The molecule has 0 aromatic carbocycles. The molecular formula is C11H21N3. The Hall–Kier alpha value is -0.960. The number of rotatable bonds is 4. The smallest absolute Gasteiger partial charge is 0.0942 e. The third kappa shape index (κ3) is 3.42. The monoisotopic (exact) mass is 195 g/mol. The zero-order valence-corrected chi connectivity index (χ0v) is 9.34. The molecule has 0 saturated carbocycles. The lowest BCUT2D eigenvalue weighted by atomic mass is 10.3. The van der Waals surface area contributed by atoms with E-state index in [-0.39, 0.29) is 0 Å². The van der Waals surface area contributed by atoms with Crippen molar-refractivity contribution >= 4 is 0 Å². The van der Waals surface area contributed by atoms with Gasteiger partial charge in [0, 0.05) is 32.7 Å². The molecule has 1 heterocycles. The number of hydrogen-bond donors (Lipinski definition) is 1. The third-order valence-electron chi connectivity index (χ3n) is 2.48. The lowest BCUT2D eigenvalue weighted by molar-refractivity contribution is 0.179. The van der Waals surface area contributed by atoms with E-state index in [1.807, 2.05) is 6.92 Å². The van der Waals surface area contributed by atoms with E-state index in [4.69, 9.17) is 0 Å². The van der Waals surface area contributed by atoms with E-state index in [0.717, 1.165) is 44.1 Å². The molecule has 0 aromatic rings. The molecule has 0 amide bonds. The molecule has 1 aliphatic rings. The standard InChI is InChI=1S/C11H21N3/c1-10(2)9-12-11(3)14-7-5-13(4)6-8-14/h12H,1,3,5-9H2,2,4H3. The molecular weight excluding hydrogens is 174 g/mol. The molecule has 1 saturated heterocycles. The maximum atomic E-state index is 4.03. The average Bonchev–Trinajstić information content (AvgIpc) is 2.15. The van der Waals surface area contributed by atoms with Crippen molar-refractivity contribution in [2.24, 2.45) is 0 Å². The van der Waals surface area contributed by atoms with Gasteiger partial charge in [0.15, 0.2) is 0 Å². The van der Waals surface area contributed by atoms with Gasteiger partial charge >= 0.3 is 0 Å². The van der Waals surface area contributed by atoms with Gasteiger partial charge in [0.1, 0.15) is 0 Å². The second kappa shape index (κ2) is 5.05. The first-order chi connectivity index (χ1) is 6.59. The van der Waals surface area contributed by atoms with Crippen LogP contribution >= 0.6 is 0 Å². The fourth-order valence-electron chi connectivity index (χ4n) is 1.44. The van der Waals surface area contributed by atoms with Gasteiger partial charge in [0.05, 0.1) is 5.82 Å². The molecule has 0 aliphatic carbocycles. The summed E-state index contributed by atoms with van der Waals surface area (Å²) in [6, 6.07) is 0. The van der Waals surface area contributed by atoms with Crippen molar-refractivity contribution in [3.05, 3.63) is 24.6 Å². The van der Waals surface area contributed by atoms with Crippen LogP contribution in [0.3, 0.4) is 0 Å². The van der Waals surface area contributed by atoms with Crippen LogP contribution in [-0.2, 0) is 0 Å². The summed E-state index contributed by atoms with van der Waals surface area (Å²) in [5.41, 5.74) is 1.14. The van der Waals surface area contributed by atoms with Gasteiger partial charge in [-0.2, -0.15) is 0 Å². The molecule has 0 radical (unpaired) electrons. The number of nitrogens with one attached hydrogen (secondary N) is 1. The highest BCUT2D eigenvalue weighted by atomic mass is 15.3. The molecule has 1 rings (SSSR count). The molecule has 14 heavy (non-hydrogen) atoms. The van der Waals surface area contributed by atoms with Crippen molar-refractivity contribution in [1.82, 2.24) is 15.1 Å². The van der Waals surface area contributed by atoms with Crippen LogP contribution in [0.15, 0.2) is 24.6 Å². The molecule has 1 fully saturated rings. The minimum atomic E-state index is 0.825. The summed E-state index contributed by atoms with van der Waals surface area (Å²) in [4.78, 5) is 4.63. The molecule has 80 valence electrons. The van der Waals surface area contributed by atoms with Crippen molar-refractivity contribution in [1.29, 1.82) is 0 Å². The maximum absolute atomic E-state index is 4.03.